The van der Waals surface area contributed by atoms with Crippen LogP contribution in [-0.4, -0.2) is 37.1 Å². The Morgan fingerprint density at radius 3 is 3.17 bits per heavy atom. The van der Waals surface area contributed by atoms with Gasteiger partial charge in [-0.2, -0.15) is 0 Å². The zero-order valence-electron chi connectivity index (χ0n) is 8.05. The first kappa shape index (κ1) is 8.52. The van der Waals surface area contributed by atoms with Gasteiger partial charge in [-0.1, -0.05) is 6.92 Å². The van der Waals surface area contributed by atoms with Crippen molar-refractivity contribution >= 4 is 0 Å². The molecular weight excluding hydrogens is 148 g/mol. The van der Waals surface area contributed by atoms with E-state index >= 15 is 0 Å². The molecule has 0 radical (unpaired) electrons. The van der Waals surface area contributed by atoms with Crippen LogP contribution in [0.25, 0.3) is 0 Å². The van der Waals surface area contributed by atoms with E-state index in [0.717, 1.165) is 12.0 Å². The van der Waals surface area contributed by atoms with Gasteiger partial charge in [-0.25, -0.2) is 0 Å². The third-order valence-corrected chi connectivity index (χ3v) is 3.30. The topological polar surface area (TPSA) is 15.3 Å². The van der Waals surface area contributed by atoms with E-state index in [1.54, 1.807) is 0 Å². The van der Waals surface area contributed by atoms with Crippen LogP contribution in [0.4, 0.5) is 0 Å². The Morgan fingerprint density at radius 2 is 2.33 bits per heavy atom. The van der Waals surface area contributed by atoms with Gasteiger partial charge in [0.15, 0.2) is 0 Å². The minimum atomic E-state index is 0.824. The first-order chi connectivity index (χ1) is 5.90. The zero-order chi connectivity index (χ0) is 8.39. The number of hydrogen-bond acceptors (Lipinski definition) is 2. The zero-order valence-corrected chi connectivity index (χ0v) is 8.05. The molecule has 0 bridgehead atoms. The summed E-state index contributed by atoms with van der Waals surface area (Å²) in [6, 6.07) is 0.824. The summed E-state index contributed by atoms with van der Waals surface area (Å²) in [5, 5.41) is 3.61. The average molecular weight is 168 g/mol. The van der Waals surface area contributed by atoms with E-state index in [2.05, 4.69) is 17.1 Å². The molecule has 2 aliphatic heterocycles. The highest BCUT2D eigenvalue weighted by molar-refractivity contribution is 4.90. The van der Waals surface area contributed by atoms with Crippen LogP contribution in [0.5, 0.6) is 0 Å². The quantitative estimate of drug-likeness (QED) is 0.664. The smallest absolute Gasteiger partial charge is 0.0224 e. The summed E-state index contributed by atoms with van der Waals surface area (Å²) in [5.41, 5.74) is 0. The lowest BCUT2D eigenvalue weighted by atomic mass is 9.92. The molecule has 2 atom stereocenters. The first-order valence-electron chi connectivity index (χ1n) is 5.36. The molecule has 0 aliphatic carbocycles. The summed E-state index contributed by atoms with van der Waals surface area (Å²) < 4.78 is 0. The highest BCUT2D eigenvalue weighted by Crippen LogP contribution is 2.24. The van der Waals surface area contributed by atoms with Gasteiger partial charge < -0.3 is 10.2 Å². The van der Waals surface area contributed by atoms with E-state index in [1.807, 2.05) is 0 Å². The van der Waals surface area contributed by atoms with E-state index < -0.39 is 0 Å². The molecule has 0 saturated carbocycles. The lowest BCUT2D eigenvalue weighted by Gasteiger charge is -2.34. The van der Waals surface area contributed by atoms with Crippen molar-refractivity contribution in [1.82, 2.24) is 10.2 Å². The first-order valence-corrected chi connectivity index (χ1v) is 5.36. The number of fused-ring (bicyclic) bond motifs is 1. The van der Waals surface area contributed by atoms with Crippen molar-refractivity contribution < 1.29 is 0 Å². The molecule has 2 fully saturated rings. The Hall–Kier alpha value is -0.0800. The Kier molecular flexibility index (Phi) is 2.66. The minimum absolute atomic E-state index is 0.824. The summed E-state index contributed by atoms with van der Waals surface area (Å²) in [5.74, 6) is 0.998. The molecule has 0 aromatic heterocycles. The molecule has 70 valence electrons. The normalized spacial score (nSPS) is 36.8. The minimum Gasteiger partial charge on any atom is -0.312 e. The van der Waals surface area contributed by atoms with E-state index in [4.69, 9.17) is 0 Å². The molecule has 2 heterocycles. The molecule has 2 heteroatoms. The Morgan fingerprint density at radius 1 is 1.42 bits per heavy atom. The third-order valence-electron chi connectivity index (χ3n) is 3.30. The van der Waals surface area contributed by atoms with Gasteiger partial charge in [0.1, 0.15) is 0 Å². The monoisotopic (exact) mass is 168 g/mol. The molecule has 1 N–H and O–H groups in total. The van der Waals surface area contributed by atoms with Crippen LogP contribution in [0.1, 0.15) is 26.2 Å². The van der Waals surface area contributed by atoms with Crippen molar-refractivity contribution in [2.45, 2.75) is 32.2 Å². The predicted octanol–water partition coefficient (Wildman–Crippen LogP) is 1.08. The number of likely N-dealkylation sites (tertiary alicyclic amines) is 1. The summed E-state index contributed by atoms with van der Waals surface area (Å²) >= 11 is 0. The molecule has 0 aromatic carbocycles. The summed E-state index contributed by atoms with van der Waals surface area (Å²) in [6.45, 7) is 7.48. The second-order valence-corrected chi connectivity index (χ2v) is 4.20. The standard InChI is InChI=1S/C10H20N2/c1-2-6-12-7-4-9-3-5-11-10(9)8-12/h9-11H,2-8H2,1H3. The van der Waals surface area contributed by atoms with E-state index in [1.165, 1.54) is 45.4 Å². The molecule has 2 nitrogen and oxygen atoms in total. The van der Waals surface area contributed by atoms with Gasteiger partial charge in [0.2, 0.25) is 0 Å². The maximum Gasteiger partial charge on any atom is 0.0224 e. The Balaban J connectivity index is 1.84. The lowest BCUT2D eigenvalue weighted by molar-refractivity contribution is 0.167. The summed E-state index contributed by atoms with van der Waals surface area (Å²) in [6.07, 6.45) is 4.15. The van der Waals surface area contributed by atoms with Crippen LogP contribution in [-0.2, 0) is 0 Å². The molecule has 0 spiro atoms. The lowest BCUT2D eigenvalue weighted by Crippen LogP contribution is -2.46. The largest absolute Gasteiger partial charge is 0.312 e. The van der Waals surface area contributed by atoms with Gasteiger partial charge >= 0.3 is 0 Å². The maximum absolute atomic E-state index is 3.61. The van der Waals surface area contributed by atoms with Gasteiger partial charge in [0.25, 0.3) is 0 Å². The van der Waals surface area contributed by atoms with Gasteiger partial charge in [-0.3, -0.25) is 0 Å². The Bertz CT molecular complexity index is 147. The van der Waals surface area contributed by atoms with Gasteiger partial charge in [0.05, 0.1) is 0 Å². The molecule has 2 unspecified atom stereocenters. The maximum atomic E-state index is 3.61. The average Bonchev–Trinajstić information content (AvgIpc) is 2.51. The fourth-order valence-electron chi connectivity index (χ4n) is 2.62. The van der Waals surface area contributed by atoms with Gasteiger partial charge in [0, 0.05) is 12.6 Å². The van der Waals surface area contributed by atoms with E-state index in [9.17, 15) is 0 Å². The van der Waals surface area contributed by atoms with Gasteiger partial charge in [-0.15, -0.1) is 0 Å². The van der Waals surface area contributed by atoms with Crippen LogP contribution < -0.4 is 5.32 Å². The number of nitrogens with zero attached hydrogens (tertiary/aromatic N) is 1. The molecule has 2 saturated heterocycles. The number of nitrogens with one attached hydrogen (secondary N) is 1. The molecule has 12 heavy (non-hydrogen) atoms. The van der Waals surface area contributed by atoms with Crippen molar-refractivity contribution in [3.8, 4) is 0 Å². The third kappa shape index (κ3) is 1.64. The van der Waals surface area contributed by atoms with Crippen LogP contribution in [0.2, 0.25) is 0 Å². The van der Waals surface area contributed by atoms with Crippen LogP contribution in [0, 0.1) is 5.92 Å². The highest BCUT2D eigenvalue weighted by atomic mass is 15.2. The molecule has 2 aliphatic rings. The molecule has 0 amide bonds. The van der Waals surface area contributed by atoms with Gasteiger partial charge in [-0.05, 0) is 44.8 Å². The second-order valence-electron chi connectivity index (χ2n) is 4.20. The number of piperidine rings is 1. The number of hydrogen-bond donors (Lipinski definition) is 1. The SMILES string of the molecule is CCCN1CCC2CCNC2C1. The van der Waals surface area contributed by atoms with Crippen molar-refractivity contribution in [3.63, 3.8) is 0 Å². The van der Waals surface area contributed by atoms with Crippen molar-refractivity contribution in [3.05, 3.63) is 0 Å². The highest BCUT2D eigenvalue weighted by Gasteiger charge is 2.31. The van der Waals surface area contributed by atoms with Crippen molar-refractivity contribution in [2.24, 2.45) is 5.92 Å². The second kappa shape index (κ2) is 3.75. The predicted molar refractivity (Wildman–Crippen MR) is 51.2 cm³/mol. The van der Waals surface area contributed by atoms with Crippen molar-refractivity contribution in [2.75, 3.05) is 26.2 Å². The van der Waals surface area contributed by atoms with E-state index in [-0.39, 0.29) is 0 Å². The van der Waals surface area contributed by atoms with Crippen LogP contribution in [0.15, 0.2) is 0 Å². The van der Waals surface area contributed by atoms with E-state index in [0.29, 0.717) is 0 Å². The Labute approximate surface area is 75.3 Å². The molecule has 0 aromatic rings. The summed E-state index contributed by atoms with van der Waals surface area (Å²) in [7, 11) is 0. The fraction of sp³-hybridized carbons (Fsp3) is 1.00. The van der Waals surface area contributed by atoms with Crippen LogP contribution >= 0.6 is 0 Å². The molecular formula is C10H20N2. The molecule has 2 rings (SSSR count). The van der Waals surface area contributed by atoms with Crippen molar-refractivity contribution in [1.29, 1.82) is 0 Å². The fourth-order valence-corrected chi connectivity index (χ4v) is 2.62. The summed E-state index contributed by atoms with van der Waals surface area (Å²) in [4.78, 5) is 2.61. The van der Waals surface area contributed by atoms with Crippen LogP contribution in [0.3, 0.4) is 0 Å². The number of rotatable bonds is 2.